The number of rotatable bonds is 2. The van der Waals surface area contributed by atoms with Crippen LogP contribution in [0.2, 0.25) is 0 Å². The Labute approximate surface area is 124 Å². The molecule has 1 aliphatic rings. The Morgan fingerprint density at radius 3 is 2.67 bits per heavy atom. The maximum atomic E-state index is 12.3. The lowest BCUT2D eigenvalue weighted by atomic mass is 9.89. The van der Waals surface area contributed by atoms with Gasteiger partial charge in [-0.3, -0.25) is 9.78 Å². The summed E-state index contributed by atoms with van der Waals surface area (Å²) in [4.78, 5) is 18.2. The fourth-order valence-electron chi connectivity index (χ4n) is 2.87. The largest absolute Gasteiger partial charge is 0.508 e. The maximum Gasteiger partial charge on any atom is 0.255 e. The molecule has 1 aromatic carbocycles. The molecule has 1 fully saturated rings. The standard InChI is InChI=1S/C17H18N2O2/c20-16-5-1-3-14(11-16)13-6-9-19(10-7-13)17(21)15-4-2-8-18-12-15/h1-5,8,11-13,20H,6-7,9-10H2. The minimum atomic E-state index is 0.0532. The average molecular weight is 282 g/mol. The van der Waals surface area contributed by atoms with Gasteiger partial charge in [-0.15, -0.1) is 0 Å². The Morgan fingerprint density at radius 1 is 1.19 bits per heavy atom. The summed E-state index contributed by atoms with van der Waals surface area (Å²) in [6.07, 6.45) is 5.14. The minimum absolute atomic E-state index is 0.0532. The van der Waals surface area contributed by atoms with Crippen molar-refractivity contribution >= 4 is 5.91 Å². The molecule has 2 aromatic rings. The van der Waals surface area contributed by atoms with Gasteiger partial charge in [0.05, 0.1) is 5.56 Å². The zero-order valence-electron chi connectivity index (χ0n) is 11.8. The molecule has 1 amide bonds. The number of amides is 1. The molecule has 0 bridgehead atoms. The quantitative estimate of drug-likeness (QED) is 0.921. The van der Waals surface area contributed by atoms with Crippen molar-refractivity contribution in [3.8, 4) is 5.75 Å². The van der Waals surface area contributed by atoms with Gasteiger partial charge in [0.2, 0.25) is 0 Å². The summed E-state index contributed by atoms with van der Waals surface area (Å²) >= 11 is 0. The molecular weight excluding hydrogens is 264 g/mol. The normalized spacial score (nSPS) is 15.9. The summed E-state index contributed by atoms with van der Waals surface area (Å²) in [7, 11) is 0. The molecule has 3 rings (SSSR count). The van der Waals surface area contributed by atoms with Crippen molar-refractivity contribution in [3.63, 3.8) is 0 Å². The molecule has 1 N–H and O–H groups in total. The first-order valence-corrected chi connectivity index (χ1v) is 7.22. The van der Waals surface area contributed by atoms with Crippen LogP contribution < -0.4 is 0 Å². The van der Waals surface area contributed by atoms with Crippen LogP contribution in [0.25, 0.3) is 0 Å². The Kier molecular flexibility index (Phi) is 3.86. The van der Waals surface area contributed by atoms with E-state index in [1.807, 2.05) is 23.1 Å². The van der Waals surface area contributed by atoms with E-state index < -0.39 is 0 Å². The lowest BCUT2D eigenvalue weighted by molar-refractivity contribution is 0.0712. The third-order valence-electron chi connectivity index (χ3n) is 4.03. The van der Waals surface area contributed by atoms with Gasteiger partial charge in [-0.25, -0.2) is 0 Å². The van der Waals surface area contributed by atoms with Crippen molar-refractivity contribution in [2.75, 3.05) is 13.1 Å². The van der Waals surface area contributed by atoms with Crippen LogP contribution in [0, 0.1) is 0 Å². The van der Waals surface area contributed by atoms with Crippen molar-refractivity contribution < 1.29 is 9.90 Å². The summed E-state index contributed by atoms with van der Waals surface area (Å²) in [5.41, 5.74) is 1.80. The van der Waals surface area contributed by atoms with E-state index in [4.69, 9.17) is 0 Å². The second-order valence-corrected chi connectivity index (χ2v) is 5.40. The van der Waals surface area contributed by atoms with Crippen LogP contribution in [0.15, 0.2) is 48.8 Å². The van der Waals surface area contributed by atoms with Crippen molar-refractivity contribution in [2.45, 2.75) is 18.8 Å². The number of piperidine rings is 1. The number of likely N-dealkylation sites (tertiary alicyclic amines) is 1. The predicted molar refractivity (Wildman–Crippen MR) is 80.2 cm³/mol. The molecule has 1 aromatic heterocycles. The summed E-state index contributed by atoms with van der Waals surface area (Å²) in [5.74, 6) is 0.772. The van der Waals surface area contributed by atoms with Crippen LogP contribution in [-0.2, 0) is 0 Å². The molecule has 0 saturated carbocycles. The first-order chi connectivity index (χ1) is 10.2. The first-order valence-electron chi connectivity index (χ1n) is 7.22. The van der Waals surface area contributed by atoms with Crippen molar-refractivity contribution in [2.24, 2.45) is 0 Å². The van der Waals surface area contributed by atoms with Gasteiger partial charge in [0.25, 0.3) is 5.91 Å². The molecule has 21 heavy (non-hydrogen) atoms. The summed E-state index contributed by atoms with van der Waals surface area (Å²) < 4.78 is 0. The van der Waals surface area contributed by atoms with E-state index in [1.165, 1.54) is 0 Å². The van der Waals surface area contributed by atoms with Crippen LogP contribution in [0.3, 0.4) is 0 Å². The van der Waals surface area contributed by atoms with Gasteiger partial charge in [-0.05, 0) is 48.6 Å². The Hall–Kier alpha value is -2.36. The highest BCUT2D eigenvalue weighted by Gasteiger charge is 2.24. The lowest BCUT2D eigenvalue weighted by Gasteiger charge is -2.32. The highest BCUT2D eigenvalue weighted by molar-refractivity contribution is 5.93. The maximum absolute atomic E-state index is 12.3. The molecule has 0 unspecified atom stereocenters. The molecule has 1 aliphatic heterocycles. The van der Waals surface area contributed by atoms with Crippen molar-refractivity contribution in [3.05, 3.63) is 59.9 Å². The van der Waals surface area contributed by atoms with Gasteiger partial charge in [0.1, 0.15) is 5.75 Å². The number of hydrogen-bond donors (Lipinski definition) is 1. The van der Waals surface area contributed by atoms with Crippen LogP contribution in [-0.4, -0.2) is 34.0 Å². The molecule has 0 atom stereocenters. The van der Waals surface area contributed by atoms with E-state index >= 15 is 0 Å². The third kappa shape index (κ3) is 3.05. The highest BCUT2D eigenvalue weighted by atomic mass is 16.3. The molecule has 4 heteroatoms. The van der Waals surface area contributed by atoms with E-state index in [0.717, 1.165) is 31.5 Å². The number of pyridine rings is 1. The third-order valence-corrected chi connectivity index (χ3v) is 4.03. The molecule has 4 nitrogen and oxygen atoms in total. The average Bonchev–Trinajstić information content (AvgIpc) is 2.55. The Morgan fingerprint density at radius 2 is 2.00 bits per heavy atom. The molecular formula is C17H18N2O2. The van der Waals surface area contributed by atoms with Crippen LogP contribution in [0.5, 0.6) is 5.75 Å². The zero-order valence-corrected chi connectivity index (χ0v) is 11.8. The SMILES string of the molecule is O=C(c1cccnc1)N1CCC(c2cccc(O)c2)CC1. The second kappa shape index (κ2) is 5.95. The predicted octanol–water partition coefficient (Wildman–Crippen LogP) is 2.81. The van der Waals surface area contributed by atoms with Gasteiger partial charge < -0.3 is 10.0 Å². The number of aromatic nitrogens is 1. The zero-order chi connectivity index (χ0) is 14.7. The smallest absolute Gasteiger partial charge is 0.255 e. The second-order valence-electron chi connectivity index (χ2n) is 5.40. The fraction of sp³-hybridized carbons (Fsp3) is 0.294. The summed E-state index contributed by atoms with van der Waals surface area (Å²) in [6, 6.07) is 11.0. The first kappa shape index (κ1) is 13.6. The monoisotopic (exact) mass is 282 g/mol. The molecule has 2 heterocycles. The fourth-order valence-corrected chi connectivity index (χ4v) is 2.87. The highest BCUT2D eigenvalue weighted by Crippen LogP contribution is 2.30. The Bertz CT molecular complexity index is 620. The number of nitrogens with zero attached hydrogens (tertiary/aromatic N) is 2. The Balaban J connectivity index is 1.64. The van der Waals surface area contributed by atoms with Gasteiger partial charge in [-0.2, -0.15) is 0 Å². The van der Waals surface area contributed by atoms with Crippen LogP contribution in [0.1, 0.15) is 34.7 Å². The number of phenolic OH excluding ortho intramolecular Hbond substituents is 1. The molecule has 0 spiro atoms. The van der Waals surface area contributed by atoms with Crippen molar-refractivity contribution in [1.82, 2.24) is 9.88 Å². The van der Waals surface area contributed by atoms with Crippen LogP contribution >= 0.6 is 0 Å². The minimum Gasteiger partial charge on any atom is -0.508 e. The van der Waals surface area contributed by atoms with E-state index in [9.17, 15) is 9.90 Å². The number of carbonyl (C=O) groups excluding carboxylic acids is 1. The van der Waals surface area contributed by atoms with Crippen LogP contribution in [0.4, 0.5) is 0 Å². The molecule has 0 aliphatic carbocycles. The topological polar surface area (TPSA) is 53.4 Å². The molecule has 0 radical (unpaired) electrons. The van der Waals surface area contributed by atoms with Gasteiger partial charge >= 0.3 is 0 Å². The van der Waals surface area contributed by atoms with Crippen molar-refractivity contribution in [1.29, 1.82) is 0 Å². The molecule has 1 saturated heterocycles. The molecule has 108 valence electrons. The van der Waals surface area contributed by atoms with E-state index in [2.05, 4.69) is 4.98 Å². The summed E-state index contributed by atoms with van der Waals surface area (Å²) in [6.45, 7) is 1.49. The van der Waals surface area contributed by atoms with E-state index in [-0.39, 0.29) is 5.91 Å². The number of aromatic hydroxyl groups is 1. The van der Waals surface area contributed by atoms with E-state index in [1.54, 1.807) is 30.6 Å². The van der Waals surface area contributed by atoms with Gasteiger partial charge in [0, 0.05) is 25.5 Å². The number of hydrogen-bond acceptors (Lipinski definition) is 3. The number of benzene rings is 1. The lowest BCUT2D eigenvalue weighted by Crippen LogP contribution is -2.37. The number of phenols is 1. The summed E-state index contributed by atoms with van der Waals surface area (Å²) in [5, 5.41) is 9.56. The van der Waals surface area contributed by atoms with Gasteiger partial charge in [0.15, 0.2) is 0 Å². The van der Waals surface area contributed by atoms with E-state index in [0.29, 0.717) is 17.2 Å². The number of carbonyl (C=O) groups is 1. The van der Waals surface area contributed by atoms with Gasteiger partial charge in [-0.1, -0.05) is 12.1 Å².